The SMILES string of the molecule is F[n+]1ccccc1.O=S(=O)([O-])C(Cl)(Cl)Cl. The summed E-state index contributed by atoms with van der Waals surface area (Å²) >= 11 is 13.9. The summed E-state index contributed by atoms with van der Waals surface area (Å²) in [7, 11) is -4.79. The molecule has 1 heterocycles. The fourth-order valence-corrected chi connectivity index (χ4v) is 0.378. The summed E-state index contributed by atoms with van der Waals surface area (Å²) in [6.07, 6.45) is 2.67. The normalized spacial score (nSPS) is 11.5. The number of hydrogen-bond donors (Lipinski definition) is 0. The van der Waals surface area contributed by atoms with Gasteiger partial charge in [0.15, 0.2) is 0 Å². The van der Waals surface area contributed by atoms with Crippen LogP contribution in [0.1, 0.15) is 0 Å². The quantitative estimate of drug-likeness (QED) is 0.539. The van der Waals surface area contributed by atoms with Gasteiger partial charge in [-0.25, -0.2) is 8.42 Å². The molecular formula is C6H5Cl3FNO3S. The number of nitrogens with zero attached hydrogens (tertiary/aromatic N) is 1. The van der Waals surface area contributed by atoms with Crippen LogP contribution in [0.5, 0.6) is 0 Å². The first-order valence-corrected chi connectivity index (χ1v) is 5.83. The summed E-state index contributed by atoms with van der Waals surface area (Å²) in [5, 5.41) is 0. The van der Waals surface area contributed by atoms with Crippen LogP contribution in [0.2, 0.25) is 0 Å². The van der Waals surface area contributed by atoms with Gasteiger partial charge in [0.25, 0.3) is 3.12 Å². The lowest BCUT2D eigenvalue weighted by atomic mass is 10.5. The van der Waals surface area contributed by atoms with Gasteiger partial charge in [-0.05, 0) is 0 Å². The van der Waals surface area contributed by atoms with Crippen molar-refractivity contribution < 1.29 is 22.2 Å². The molecule has 0 saturated heterocycles. The van der Waals surface area contributed by atoms with E-state index in [1.165, 1.54) is 12.4 Å². The lowest BCUT2D eigenvalue weighted by Gasteiger charge is -2.13. The lowest BCUT2D eigenvalue weighted by Crippen LogP contribution is -2.18. The number of alkyl halides is 3. The molecule has 0 spiro atoms. The van der Waals surface area contributed by atoms with Gasteiger partial charge >= 0.3 is 0 Å². The zero-order valence-corrected chi connectivity index (χ0v) is 10.1. The minimum Gasteiger partial charge on any atom is -0.745 e. The van der Waals surface area contributed by atoms with E-state index in [9.17, 15) is 17.5 Å². The van der Waals surface area contributed by atoms with Crippen LogP contribution in [-0.4, -0.2) is 16.1 Å². The van der Waals surface area contributed by atoms with Gasteiger partial charge in [-0.1, -0.05) is 40.9 Å². The maximum absolute atomic E-state index is 11.8. The predicted octanol–water partition coefficient (Wildman–Crippen LogP) is 1.57. The van der Waals surface area contributed by atoms with Crippen LogP contribution < -0.4 is 4.79 Å². The van der Waals surface area contributed by atoms with Gasteiger partial charge in [-0.2, -0.15) is 0 Å². The molecular weight excluding hydrogens is 291 g/mol. The van der Waals surface area contributed by atoms with Gasteiger partial charge in [-0.15, -0.1) is 0 Å². The first kappa shape index (κ1) is 14.9. The highest BCUT2D eigenvalue weighted by atomic mass is 35.6. The third-order valence-corrected chi connectivity index (χ3v) is 3.23. The van der Waals surface area contributed by atoms with E-state index in [2.05, 4.69) is 34.8 Å². The molecule has 0 aliphatic rings. The van der Waals surface area contributed by atoms with Gasteiger partial charge < -0.3 is 4.55 Å². The van der Waals surface area contributed by atoms with Gasteiger partial charge in [0.05, 0.1) is 4.48 Å². The molecule has 0 fully saturated rings. The maximum atomic E-state index is 11.8. The Hall–Kier alpha value is -0.140. The standard InChI is InChI=1S/C5H5FN.CHCl3O3S/c6-7-4-2-1-3-5-7;2-1(3,4)8(5,6)7/h1-5H;(H,5,6,7)/q+1;/p-1. The van der Waals surface area contributed by atoms with Gasteiger partial charge in [0, 0.05) is 16.9 Å². The van der Waals surface area contributed by atoms with Crippen molar-refractivity contribution in [3.63, 3.8) is 0 Å². The van der Waals surface area contributed by atoms with E-state index in [0.717, 1.165) is 0 Å². The van der Waals surface area contributed by atoms with Crippen molar-refractivity contribution >= 4 is 44.9 Å². The van der Waals surface area contributed by atoms with E-state index < -0.39 is 13.2 Å². The summed E-state index contributed by atoms with van der Waals surface area (Å²) in [6.45, 7) is 0. The molecule has 0 aliphatic carbocycles. The summed E-state index contributed by atoms with van der Waals surface area (Å²) in [4.78, 5) is 0.500. The highest BCUT2D eigenvalue weighted by molar-refractivity contribution is 7.91. The second-order valence-corrected chi connectivity index (χ2v) is 6.59. The maximum Gasteiger partial charge on any atom is 0.280 e. The van der Waals surface area contributed by atoms with E-state index in [0.29, 0.717) is 4.79 Å². The highest BCUT2D eigenvalue weighted by Crippen LogP contribution is 2.31. The first-order valence-electron chi connectivity index (χ1n) is 3.29. The Labute approximate surface area is 101 Å². The number of hydrogen-bond acceptors (Lipinski definition) is 3. The van der Waals surface area contributed by atoms with E-state index in [-0.39, 0.29) is 0 Å². The minimum atomic E-state index is -4.79. The van der Waals surface area contributed by atoms with Crippen LogP contribution in [0.3, 0.4) is 0 Å². The van der Waals surface area contributed by atoms with Gasteiger partial charge in [0.2, 0.25) is 12.4 Å². The van der Waals surface area contributed by atoms with Crippen molar-refractivity contribution in [1.82, 2.24) is 0 Å². The van der Waals surface area contributed by atoms with Crippen molar-refractivity contribution in [3.05, 3.63) is 30.6 Å². The number of pyridine rings is 1. The average Bonchev–Trinajstić information content (AvgIpc) is 2.02. The molecule has 1 aromatic heterocycles. The van der Waals surface area contributed by atoms with Crippen LogP contribution in [0.4, 0.5) is 4.48 Å². The van der Waals surface area contributed by atoms with Crippen molar-refractivity contribution in [2.24, 2.45) is 0 Å². The molecule has 15 heavy (non-hydrogen) atoms. The van der Waals surface area contributed by atoms with Crippen molar-refractivity contribution in [1.29, 1.82) is 0 Å². The molecule has 0 aliphatic heterocycles. The van der Waals surface area contributed by atoms with Gasteiger partial charge in [0.1, 0.15) is 10.1 Å². The van der Waals surface area contributed by atoms with E-state index >= 15 is 0 Å². The van der Waals surface area contributed by atoms with Gasteiger partial charge in [-0.3, -0.25) is 0 Å². The molecule has 4 nitrogen and oxygen atoms in total. The van der Waals surface area contributed by atoms with E-state index in [1.807, 2.05) is 0 Å². The lowest BCUT2D eigenvalue weighted by molar-refractivity contribution is -0.843. The Morgan fingerprint density at radius 1 is 1.13 bits per heavy atom. The molecule has 0 saturated carbocycles. The van der Waals surface area contributed by atoms with Crippen LogP contribution in [-0.2, 0) is 10.1 Å². The fourth-order valence-electron chi connectivity index (χ4n) is 0.378. The summed E-state index contributed by atoms with van der Waals surface area (Å²) in [5.41, 5.74) is 0. The van der Waals surface area contributed by atoms with Crippen LogP contribution in [0.15, 0.2) is 30.6 Å². The second-order valence-electron chi connectivity index (χ2n) is 2.12. The molecule has 0 atom stereocenters. The Kier molecular flexibility index (Phi) is 5.76. The average molecular weight is 297 g/mol. The Balaban J connectivity index is 0.000000262. The molecule has 0 aromatic carbocycles. The largest absolute Gasteiger partial charge is 0.745 e. The molecule has 0 radical (unpaired) electrons. The Morgan fingerprint density at radius 3 is 1.60 bits per heavy atom. The molecule has 0 amide bonds. The van der Waals surface area contributed by atoms with Crippen LogP contribution in [0.25, 0.3) is 0 Å². The van der Waals surface area contributed by atoms with Crippen molar-refractivity contribution in [3.8, 4) is 0 Å². The predicted molar refractivity (Wildman–Crippen MR) is 53.1 cm³/mol. The summed E-state index contributed by atoms with van der Waals surface area (Å²) < 4.78 is 38.2. The molecule has 1 rings (SSSR count). The molecule has 86 valence electrons. The molecule has 1 aromatic rings. The molecule has 9 heteroatoms. The highest BCUT2D eigenvalue weighted by Gasteiger charge is 2.28. The molecule has 0 N–H and O–H groups in total. The smallest absolute Gasteiger partial charge is 0.280 e. The topological polar surface area (TPSA) is 61.1 Å². The first-order chi connectivity index (χ1) is 6.64. The zero-order chi connectivity index (χ0) is 12.1. The summed E-state index contributed by atoms with van der Waals surface area (Å²) in [5.74, 6) is 0. The monoisotopic (exact) mass is 295 g/mol. The van der Waals surface area contributed by atoms with Crippen molar-refractivity contribution in [2.45, 2.75) is 3.12 Å². The van der Waals surface area contributed by atoms with E-state index in [4.69, 9.17) is 0 Å². The fraction of sp³-hybridized carbons (Fsp3) is 0.167. The molecule has 0 bridgehead atoms. The van der Waals surface area contributed by atoms with E-state index in [1.54, 1.807) is 18.2 Å². The third kappa shape index (κ3) is 6.86. The number of aromatic nitrogens is 1. The Morgan fingerprint density at radius 2 is 1.47 bits per heavy atom. The van der Waals surface area contributed by atoms with Crippen molar-refractivity contribution in [2.75, 3.05) is 0 Å². The second kappa shape index (κ2) is 5.81. The minimum absolute atomic E-state index is 0.500. The number of rotatable bonds is 0. The zero-order valence-electron chi connectivity index (χ0n) is 6.98. The molecule has 0 unspecified atom stereocenters. The van der Waals surface area contributed by atoms with Crippen LogP contribution >= 0.6 is 34.8 Å². The van der Waals surface area contributed by atoms with Crippen LogP contribution in [0, 0.1) is 0 Å². The number of halogens is 4. The Bertz CT molecular complexity index is 392. The third-order valence-electron chi connectivity index (χ3n) is 0.963. The summed E-state index contributed by atoms with van der Waals surface area (Å²) in [6, 6.07) is 5.01.